The Morgan fingerprint density at radius 1 is 1.29 bits per heavy atom. The maximum Gasteiger partial charge on any atom is 0.340 e. The fourth-order valence-corrected chi connectivity index (χ4v) is 1.86. The van der Waals surface area contributed by atoms with Crippen LogP contribution in [-0.4, -0.2) is 17.6 Å². The van der Waals surface area contributed by atoms with Crippen LogP contribution in [-0.2, 0) is 4.74 Å². The van der Waals surface area contributed by atoms with Crippen LogP contribution in [0.1, 0.15) is 17.3 Å². The third-order valence-electron chi connectivity index (χ3n) is 2.55. The van der Waals surface area contributed by atoms with Gasteiger partial charge in [0.15, 0.2) is 0 Å². The maximum atomic E-state index is 11.7. The summed E-state index contributed by atoms with van der Waals surface area (Å²) in [6, 6.07) is 6.20. The van der Waals surface area contributed by atoms with Crippen molar-refractivity contribution in [3.8, 4) is 11.6 Å². The Bertz CT molecular complexity index is 677. The molecule has 110 valence electrons. The summed E-state index contributed by atoms with van der Waals surface area (Å²) in [5, 5.41) is 0.750. The molecule has 5 nitrogen and oxygen atoms in total. The van der Waals surface area contributed by atoms with Crippen LogP contribution in [0.3, 0.4) is 0 Å². The van der Waals surface area contributed by atoms with E-state index in [-0.39, 0.29) is 23.7 Å². The molecule has 0 radical (unpaired) electrons. The largest absolute Gasteiger partial charge is 0.462 e. The Labute approximate surface area is 131 Å². The van der Waals surface area contributed by atoms with E-state index < -0.39 is 5.97 Å². The van der Waals surface area contributed by atoms with Crippen molar-refractivity contribution in [1.82, 2.24) is 4.98 Å². The van der Waals surface area contributed by atoms with Gasteiger partial charge in [-0.05, 0) is 25.1 Å². The molecule has 0 aliphatic heterocycles. The quantitative estimate of drug-likeness (QED) is 0.861. The number of aromatic nitrogens is 1. The third-order valence-corrected chi connectivity index (χ3v) is 3.29. The number of carbonyl (C=O) groups is 1. The summed E-state index contributed by atoms with van der Waals surface area (Å²) >= 11 is 11.7. The number of esters is 1. The smallest absolute Gasteiger partial charge is 0.340 e. The zero-order valence-electron chi connectivity index (χ0n) is 11.1. The first kappa shape index (κ1) is 15.4. The van der Waals surface area contributed by atoms with Crippen molar-refractivity contribution in [2.45, 2.75) is 6.92 Å². The van der Waals surface area contributed by atoms with Crippen molar-refractivity contribution in [2.75, 3.05) is 12.3 Å². The van der Waals surface area contributed by atoms with Crippen LogP contribution in [0.4, 0.5) is 5.69 Å². The number of anilines is 1. The number of hydrogen-bond acceptors (Lipinski definition) is 5. The molecule has 0 unspecified atom stereocenters. The van der Waals surface area contributed by atoms with Gasteiger partial charge in [0.25, 0.3) is 0 Å². The molecule has 2 N–H and O–H groups in total. The van der Waals surface area contributed by atoms with E-state index in [1.807, 2.05) is 0 Å². The monoisotopic (exact) mass is 326 g/mol. The lowest BCUT2D eigenvalue weighted by Crippen LogP contribution is -2.09. The Hall–Kier alpha value is -1.98. The van der Waals surface area contributed by atoms with E-state index >= 15 is 0 Å². The van der Waals surface area contributed by atoms with Crippen molar-refractivity contribution < 1.29 is 14.3 Å². The van der Waals surface area contributed by atoms with E-state index in [0.717, 1.165) is 0 Å². The first-order valence-corrected chi connectivity index (χ1v) is 6.83. The van der Waals surface area contributed by atoms with Gasteiger partial charge >= 0.3 is 5.97 Å². The highest BCUT2D eigenvalue weighted by Gasteiger charge is 2.16. The summed E-state index contributed by atoms with van der Waals surface area (Å²) in [7, 11) is 0. The molecule has 1 heterocycles. The van der Waals surface area contributed by atoms with Gasteiger partial charge in [-0.15, -0.1) is 0 Å². The number of pyridine rings is 1. The molecule has 1 aromatic heterocycles. The van der Waals surface area contributed by atoms with Gasteiger partial charge in [-0.1, -0.05) is 23.2 Å². The molecule has 2 rings (SSSR count). The fourth-order valence-electron chi connectivity index (χ4n) is 1.57. The Kier molecular flexibility index (Phi) is 4.88. The number of hydrogen-bond donors (Lipinski definition) is 1. The highest BCUT2D eigenvalue weighted by molar-refractivity contribution is 6.42. The Morgan fingerprint density at radius 2 is 2.05 bits per heavy atom. The predicted octanol–water partition coefficient (Wildman–Crippen LogP) is 3.94. The molecule has 7 heteroatoms. The fraction of sp³-hybridized carbons (Fsp3) is 0.143. The van der Waals surface area contributed by atoms with Crippen LogP contribution in [0.25, 0.3) is 0 Å². The van der Waals surface area contributed by atoms with E-state index in [2.05, 4.69) is 4.98 Å². The molecule has 2 aromatic rings. The maximum absolute atomic E-state index is 11.7. The molecule has 0 atom stereocenters. The molecule has 0 aliphatic carbocycles. The van der Waals surface area contributed by atoms with Gasteiger partial charge in [0, 0.05) is 12.3 Å². The van der Waals surface area contributed by atoms with Crippen molar-refractivity contribution in [2.24, 2.45) is 0 Å². The first-order chi connectivity index (χ1) is 10.0. The molecular weight excluding hydrogens is 315 g/mol. The molecule has 0 bridgehead atoms. The van der Waals surface area contributed by atoms with Crippen molar-refractivity contribution in [3.05, 3.63) is 46.1 Å². The number of nitrogens with zero attached hydrogens (tertiary/aromatic N) is 1. The summed E-state index contributed by atoms with van der Waals surface area (Å²) in [6.07, 6.45) is 1.41. The van der Waals surface area contributed by atoms with Crippen LogP contribution in [0.5, 0.6) is 11.6 Å². The topological polar surface area (TPSA) is 74.4 Å². The number of carbonyl (C=O) groups excluding carboxylic acids is 1. The van der Waals surface area contributed by atoms with Gasteiger partial charge in [0.05, 0.1) is 22.2 Å². The summed E-state index contributed by atoms with van der Waals surface area (Å²) in [5.74, 6) is -0.0278. The van der Waals surface area contributed by atoms with Crippen LogP contribution in [0.2, 0.25) is 10.0 Å². The second kappa shape index (κ2) is 6.65. The molecule has 0 amide bonds. The van der Waals surface area contributed by atoms with Crippen LogP contribution in [0, 0.1) is 0 Å². The zero-order valence-corrected chi connectivity index (χ0v) is 12.6. The van der Waals surface area contributed by atoms with Crippen LogP contribution >= 0.6 is 23.2 Å². The van der Waals surface area contributed by atoms with Crippen LogP contribution < -0.4 is 10.5 Å². The van der Waals surface area contributed by atoms with Gasteiger partial charge < -0.3 is 15.2 Å². The number of halogens is 2. The van der Waals surface area contributed by atoms with Crippen LogP contribution in [0.15, 0.2) is 30.5 Å². The minimum Gasteiger partial charge on any atom is -0.462 e. The molecular formula is C14H12Cl2N2O3. The summed E-state index contributed by atoms with van der Waals surface area (Å²) < 4.78 is 10.4. The van der Waals surface area contributed by atoms with E-state index in [4.69, 9.17) is 38.4 Å². The zero-order chi connectivity index (χ0) is 15.4. The standard InChI is InChI=1S/C14H12Cl2N2O3/c1-2-20-14(19)9-5-6-18-13(12(9)17)21-8-3-4-10(15)11(16)7-8/h3-7H,2,17H2,1H3. The van der Waals surface area contributed by atoms with E-state index in [0.29, 0.717) is 15.8 Å². The number of benzene rings is 1. The highest BCUT2D eigenvalue weighted by atomic mass is 35.5. The Balaban J connectivity index is 2.30. The van der Waals surface area contributed by atoms with Gasteiger partial charge in [0.1, 0.15) is 11.4 Å². The van der Waals surface area contributed by atoms with E-state index in [1.54, 1.807) is 19.1 Å². The number of ether oxygens (including phenoxy) is 2. The number of nitrogens with two attached hydrogens (primary N) is 1. The second-order valence-electron chi connectivity index (χ2n) is 3.98. The summed E-state index contributed by atoms with van der Waals surface area (Å²) in [5.41, 5.74) is 6.18. The van der Waals surface area contributed by atoms with Crippen molar-refractivity contribution >= 4 is 34.9 Å². The number of nitrogen functional groups attached to an aromatic ring is 1. The van der Waals surface area contributed by atoms with Gasteiger partial charge in [-0.3, -0.25) is 0 Å². The molecule has 0 aliphatic rings. The Morgan fingerprint density at radius 3 is 2.71 bits per heavy atom. The van der Waals surface area contributed by atoms with Crippen molar-refractivity contribution in [3.63, 3.8) is 0 Å². The first-order valence-electron chi connectivity index (χ1n) is 6.07. The van der Waals surface area contributed by atoms with Gasteiger partial charge in [-0.25, -0.2) is 9.78 Å². The predicted molar refractivity (Wildman–Crippen MR) is 81.1 cm³/mol. The molecule has 0 saturated carbocycles. The lowest BCUT2D eigenvalue weighted by molar-refractivity contribution is 0.0527. The lowest BCUT2D eigenvalue weighted by atomic mass is 10.2. The van der Waals surface area contributed by atoms with Crippen molar-refractivity contribution in [1.29, 1.82) is 0 Å². The lowest BCUT2D eigenvalue weighted by Gasteiger charge is -2.10. The minimum atomic E-state index is -0.531. The highest BCUT2D eigenvalue weighted by Crippen LogP contribution is 2.32. The van der Waals surface area contributed by atoms with Gasteiger partial charge in [0.2, 0.25) is 5.88 Å². The van der Waals surface area contributed by atoms with E-state index in [1.165, 1.54) is 18.3 Å². The molecule has 0 saturated heterocycles. The molecule has 0 fully saturated rings. The van der Waals surface area contributed by atoms with Gasteiger partial charge in [-0.2, -0.15) is 0 Å². The second-order valence-corrected chi connectivity index (χ2v) is 4.79. The molecule has 21 heavy (non-hydrogen) atoms. The molecule has 1 aromatic carbocycles. The average Bonchev–Trinajstić information content (AvgIpc) is 2.45. The summed E-state index contributed by atoms with van der Waals surface area (Å²) in [4.78, 5) is 15.7. The summed E-state index contributed by atoms with van der Waals surface area (Å²) in [6.45, 7) is 1.96. The SMILES string of the molecule is CCOC(=O)c1ccnc(Oc2ccc(Cl)c(Cl)c2)c1N. The minimum absolute atomic E-state index is 0.0962. The number of rotatable bonds is 4. The normalized spacial score (nSPS) is 10.2. The molecule has 0 spiro atoms. The average molecular weight is 327 g/mol. The van der Waals surface area contributed by atoms with E-state index in [9.17, 15) is 4.79 Å². The third kappa shape index (κ3) is 3.56.